The molecule has 0 saturated heterocycles. The zero-order chi connectivity index (χ0) is 10.8. The number of ether oxygens (including phenoxy) is 1. The van der Waals surface area contributed by atoms with Crippen molar-refractivity contribution < 1.29 is 4.74 Å². The molecule has 0 spiro atoms. The number of rotatable bonds is 1. The highest BCUT2D eigenvalue weighted by Gasteiger charge is 2.20. The number of aryl methyl sites for hydroxylation is 1. The van der Waals surface area contributed by atoms with Crippen LogP contribution in [0, 0.1) is 18.3 Å². The molecule has 0 saturated carbocycles. The van der Waals surface area contributed by atoms with Crippen LogP contribution in [0.25, 0.3) is 0 Å². The standard InChI is InChI=1S/C12H14N2O/c1-8-5-11-10(6-12(8)15-2)9(7-13)3-4-14-11/h5-6,9,14H,3-4H2,1-2H3. The Morgan fingerprint density at radius 2 is 2.33 bits per heavy atom. The molecule has 15 heavy (non-hydrogen) atoms. The Bertz CT molecular complexity index is 420. The highest BCUT2D eigenvalue weighted by molar-refractivity contribution is 5.61. The molecule has 0 amide bonds. The van der Waals surface area contributed by atoms with Gasteiger partial charge in [0.05, 0.1) is 19.1 Å². The van der Waals surface area contributed by atoms with Crippen LogP contribution in [0.2, 0.25) is 0 Å². The van der Waals surface area contributed by atoms with Gasteiger partial charge in [0.15, 0.2) is 0 Å². The molecule has 1 aromatic carbocycles. The Morgan fingerprint density at radius 3 is 3.00 bits per heavy atom. The minimum absolute atomic E-state index is 0.00394. The van der Waals surface area contributed by atoms with E-state index >= 15 is 0 Å². The second kappa shape index (κ2) is 3.82. The highest BCUT2D eigenvalue weighted by Crippen LogP contribution is 2.35. The zero-order valence-corrected chi connectivity index (χ0v) is 9.00. The molecule has 3 heteroatoms. The van der Waals surface area contributed by atoms with E-state index < -0.39 is 0 Å². The number of nitriles is 1. The van der Waals surface area contributed by atoms with E-state index in [4.69, 9.17) is 10.00 Å². The van der Waals surface area contributed by atoms with Gasteiger partial charge in [0.25, 0.3) is 0 Å². The second-order valence-corrected chi connectivity index (χ2v) is 3.81. The van der Waals surface area contributed by atoms with Crippen LogP contribution >= 0.6 is 0 Å². The molecule has 78 valence electrons. The molecule has 1 aliphatic rings. The van der Waals surface area contributed by atoms with Gasteiger partial charge in [-0.1, -0.05) is 0 Å². The van der Waals surface area contributed by atoms with Crippen molar-refractivity contribution in [2.24, 2.45) is 0 Å². The predicted molar refractivity (Wildman–Crippen MR) is 59.2 cm³/mol. The number of hydrogen-bond donors (Lipinski definition) is 1. The number of methoxy groups -OCH3 is 1. The van der Waals surface area contributed by atoms with Gasteiger partial charge in [-0.3, -0.25) is 0 Å². The van der Waals surface area contributed by atoms with Crippen molar-refractivity contribution in [3.63, 3.8) is 0 Å². The summed E-state index contributed by atoms with van der Waals surface area (Å²) in [6.45, 7) is 2.88. The maximum absolute atomic E-state index is 9.05. The second-order valence-electron chi connectivity index (χ2n) is 3.81. The summed E-state index contributed by atoms with van der Waals surface area (Å²) in [7, 11) is 1.66. The fraction of sp³-hybridized carbons (Fsp3) is 0.417. The summed E-state index contributed by atoms with van der Waals surface area (Å²) in [5, 5.41) is 12.4. The Balaban J connectivity index is 2.52. The Morgan fingerprint density at radius 1 is 1.53 bits per heavy atom. The summed E-state index contributed by atoms with van der Waals surface area (Å²) in [5.74, 6) is 0.855. The van der Waals surface area contributed by atoms with Gasteiger partial charge in [-0.15, -0.1) is 0 Å². The van der Waals surface area contributed by atoms with Gasteiger partial charge < -0.3 is 10.1 Å². The van der Waals surface area contributed by atoms with Gasteiger partial charge in [0.2, 0.25) is 0 Å². The number of hydrogen-bond acceptors (Lipinski definition) is 3. The van der Waals surface area contributed by atoms with Gasteiger partial charge >= 0.3 is 0 Å². The first-order chi connectivity index (χ1) is 7.26. The van der Waals surface area contributed by atoms with Crippen LogP contribution in [-0.4, -0.2) is 13.7 Å². The maximum atomic E-state index is 9.05. The third kappa shape index (κ3) is 1.63. The predicted octanol–water partition coefficient (Wildman–Crippen LogP) is 2.43. The molecule has 0 aliphatic carbocycles. The minimum atomic E-state index is -0.00394. The lowest BCUT2D eigenvalue weighted by Gasteiger charge is -2.23. The Labute approximate surface area is 89.7 Å². The number of fused-ring (bicyclic) bond motifs is 1. The zero-order valence-electron chi connectivity index (χ0n) is 9.00. The van der Waals surface area contributed by atoms with Crippen LogP contribution in [-0.2, 0) is 0 Å². The first-order valence-electron chi connectivity index (χ1n) is 5.08. The molecule has 1 N–H and O–H groups in total. The first-order valence-corrected chi connectivity index (χ1v) is 5.08. The number of benzene rings is 1. The van der Waals surface area contributed by atoms with Crippen molar-refractivity contribution in [1.29, 1.82) is 5.26 Å². The van der Waals surface area contributed by atoms with E-state index in [0.29, 0.717) is 0 Å². The largest absolute Gasteiger partial charge is 0.496 e. The highest BCUT2D eigenvalue weighted by atomic mass is 16.5. The summed E-state index contributed by atoms with van der Waals surface area (Å²) in [6, 6.07) is 6.37. The molecule has 1 heterocycles. The minimum Gasteiger partial charge on any atom is -0.496 e. The van der Waals surface area contributed by atoms with E-state index in [1.165, 1.54) is 0 Å². The van der Waals surface area contributed by atoms with Crippen molar-refractivity contribution >= 4 is 5.69 Å². The summed E-state index contributed by atoms with van der Waals surface area (Å²) < 4.78 is 5.27. The van der Waals surface area contributed by atoms with Crippen LogP contribution in [0.1, 0.15) is 23.5 Å². The number of nitrogens with one attached hydrogen (secondary N) is 1. The summed E-state index contributed by atoms with van der Waals surface area (Å²) in [4.78, 5) is 0. The molecule has 0 fully saturated rings. The smallest absolute Gasteiger partial charge is 0.122 e. The van der Waals surface area contributed by atoms with Crippen molar-refractivity contribution in [2.45, 2.75) is 19.3 Å². The van der Waals surface area contributed by atoms with Crippen molar-refractivity contribution in [3.05, 3.63) is 23.3 Å². The Hall–Kier alpha value is -1.69. The topological polar surface area (TPSA) is 45.0 Å². The normalized spacial score (nSPS) is 18.6. The molecule has 1 unspecified atom stereocenters. The third-order valence-corrected chi connectivity index (χ3v) is 2.85. The fourth-order valence-corrected chi connectivity index (χ4v) is 2.01. The van der Waals surface area contributed by atoms with E-state index in [1.807, 2.05) is 13.0 Å². The number of anilines is 1. The fourth-order valence-electron chi connectivity index (χ4n) is 2.01. The van der Waals surface area contributed by atoms with Crippen LogP contribution in [0.5, 0.6) is 5.75 Å². The third-order valence-electron chi connectivity index (χ3n) is 2.85. The van der Waals surface area contributed by atoms with Gasteiger partial charge in [-0.05, 0) is 36.6 Å². The lowest BCUT2D eigenvalue weighted by molar-refractivity contribution is 0.411. The van der Waals surface area contributed by atoms with Crippen LogP contribution in [0.3, 0.4) is 0 Å². The van der Waals surface area contributed by atoms with E-state index in [-0.39, 0.29) is 5.92 Å². The monoisotopic (exact) mass is 202 g/mol. The lowest BCUT2D eigenvalue weighted by Crippen LogP contribution is -2.16. The van der Waals surface area contributed by atoms with Crippen LogP contribution in [0.15, 0.2) is 12.1 Å². The van der Waals surface area contributed by atoms with Crippen molar-refractivity contribution in [1.82, 2.24) is 0 Å². The first kappa shape index (κ1) is 9.85. The maximum Gasteiger partial charge on any atom is 0.122 e. The van der Waals surface area contributed by atoms with Crippen molar-refractivity contribution in [3.8, 4) is 11.8 Å². The van der Waals surface area contributed by atoms with Crippen molar-refractivity contribution in [2.75, 3.05) is 19.0 Å². The Kier molecular flexibility index (Phi) is 2.51. The summed E-state index contributed by atoms with van der Waals surface area (Å²) >= 11 is 0. The number of nitrogens with zero attached hydrogens (tertiary/aromatic N) is 1. The molecular formula is C12H14N2O. The van der Waals surface area contributed by atoms with Gasteiger partial charge in [-0.25, -0.2) is 0 Å². The average molecular weight is 202 g/mol. The molecule has 1 aliphatic heterocycles. The SMILES string of the molecule is COc1cc2c(cc1C)NCCC2C#N. The van der Waals surface area contributed by atoms with Crippen LogP contribution < -0.4 is 10.1 Å². The quantitative estimate of drug-likeness (QED) is 0.760. The molecule has 1 aromatic rings. The van der Waals surface area contributed by atoms with Gasteiger partial charge in [-0.2, -0.15) is 5.26 Å². The van der Waals surface area contributed by atoms with E-state index in [2.05, 4.69) is 17.5 Å². The molecule has 0 aromatic heterocycles. The van der Waals surface area contributed by atoms with Gasteiger partial charge in [0.1, 0.15) is 5.75 Å². The molecule has 3 nitrogen and oxygen atoms in total. The summed E-state index contributed by atoms with van der Waals surface area (Å²) in [5.41, 5.74) is 3.24. The van der Waals surface area contributed by atoms with E-state index in [1.54, 1.807) is 7.11 Å². The molecular weight excluding hydrogens is 188 g/mol. The van der Waals surface area contributed by atoms with E-state index in [9.17, 15) is 0 Å². The molecule has 1 atom stereocenters. The molecule has 0 radical (unpaired) electrons. The molecule has 0 bridgehead atoms. The van der Waals surface area contributed by atoms with Gasteiger partial charge in [0, 0.05) is 12.2 Å². The van der Waals surface area contributed by atoms with Crippen LogP contribution in [0.4, 0.5) is 5.69 Å². The summed E-state index contributed by atoms with van der Waals surface area (Å²) in [6.07, 6.45) is 0.871. The molecule has 2 rings (SSSR count). The average Bonchev–Trinajstić information content (AvgIpc) is 2.27. The lowest BCUT2D eigenvalue weighted by atomic mass is 9.91. The van der Waals surface area contributed by atoms with E-state index in [0.717, 1.165) is 35.5 Å².